The third-order valence-electron chi connectivity index (χ3n) is 6.91. The summed E-state index contributed by atoms with van der Waals surface area (Å²) < 4.78 is 21.6. The highest BCUT2D eigenvalue weighted by Gasteiger charge is 2.29. The van der Waals surface area contributed by atoms with Crippen molar-refractivity contribution in [2.24, 2.45) is 5.92 Å². The molecule has 0 radical (unpaired) electrons. The molecule has 1 saturated heterocycles. The van der Waals surface area contributed by atoms with Gasteiger partial charge in [-0.25, -0.2) is 14.4 Å². The maximum atomic E-state index is 14.0. The molecule has 0 bridgehead atoms. The largest absolute Gasteiger partial charge is 0.381 e. The van der Waals surface area contributed by atoms with Gasteiger partial charge in [0.25, 0.3) is 0 Å². The van der Waals surface area contributed by atoms with Gasteiger partial charge in [0.2, 0.25) is 11.9 Å². The lowest BCUT2D eigenvalue weighted by Gasteiger charge is -2.34. The summed E-state index contributed by atoms with van der Waals surface area (Å²) in [6, 6.07) is 4.67. The maximum Gasteiger partial charge on any atom is 0.225 e. The second kappa shape index (κ2) is 9.06. The molecule has 2 fully saturated rings. The minimum Gasteiger partial charge on any atom is -0.381 e. The van der Waals surface area contributed by atoms with E-state index in [2.05, 4.69) is 34.0 Å². The molecule has 1 aromatic carbocycles. The summed E-state index contributed by atoms with van der Waals surface area (Å²) in [6.45, 7) is 5.95. The van der Waals surface area contributed by atoms with Crippen molar-refractivity contribution in [3.8, 4) is 0 Å². The van der Waals surface area contributed by atoms with Crippen molar-refractivity contribution in [2.45, 2.75) is 64.0 Å². The van der Waals surface area contributed by atoms with Crippen molar-refractivity contribution < 1.29 is 9.13 Å². The molecule has 0 amide bonds. The molecule has 0 unspecified atom stereocenters. The zero-order valence-electron chi connectivity index (χ0n) is 19.1. The van der Waals surface area contributed by atoms with Gasteiger partial charge in [0, 0.05) is 35.5 Å². The lowest BCUT2D eigenvalue weighted by Crippen LogP contribution is -2.41. The van der Waals surface area contributed by atoms with Crippen LogP contribution in [0.4, 0.5) is 22.0 Å². The smallest absolute Gasteiger partial charge is 0.225 e. The van der Waals surface area contributed by atoms with Crippen LogP contribution in [0.3, 0.4) is 0 Å². The van der Waals surface area contributed by atoms with E-state index < -0.39 is 5.82 Å². The van der Waals surface area contributed by atoms with E-state index in [0.29, 0.717) is 28.1 Å². The average Bonchev–Trinajstić information content (AvgIpc) is 3.11. The Balaban J connectivity index is 1.53. The maximum absolute atomic E-state index is 14.0. The van der Waals surface area contributed by atoms with Crippen molar-refractivity contribution in [2.75, 3.05) is 23.8 Å². The van der Waals surface area contributed by atoms with Crippen molar-refractivity contribution in [3.63, 3.8) is 0 Å². The summed E-state index contributed by atoms with van der Waals surface area (Å²) in [5.41, 5.74) is 1.95. The number of anilines is 3. The SMILES string of the molecule is CC1CCC(n2c(Nc3cc(F)cc(Cl)c3)nc3cnc(NC4(C)CCOCC4)nc32)CC1. The van der Waals surface area contributed by atoms with E-state index in [1.54, 1.807) is 12.3 Å². The minimum absolute atomic E-state index is 0.101. The third kappa shape index (κ3) is 4.92. The van der Waals surface area contributed by atoms with Gasteiger partial charge in [0.05, 0.1) is 6.20 Å². The van der Waals surface area contributed by atoms with E-state index in [9.17, 15) is 4.39 Å². The molecule has 1 aliphatic carbocycles. The number of hydrogen-bond donors (Lipinski definition) is 2. The van der Waals surface area contributed by atoms with E-state index in [1.807, 2.05) is 0 Å². The predicted octanol–water partition coefficient (Wildman–Crippen LogP) is 6.09. The van der Waals surface area contributed by atoms with Gasteiger partial charge in [-0.15, -0.1) is 0 Å². The van der Waals surface area contributed by atoms with E-state index in [4.69, 9.17) is 26.3 Å². The molecule has 33 heavy (non-hydrogen) atoms. The zero-order chi connectivity index (χ0) is 23.0. The lowest BCUT2D eigenvalue weighted by molar-refractivity contribution is 0.0656. The van der Waals surface area contributed by atoms with Crippen LogP contribution in [0.2, 0.25) is 5.02 Å². The number of benzene rings is 1. The number of nitrogens with one attached hydrogen (secondary N) is 2. The fourth-order valence-corrected chi connectivity index (χ4v) is 5.08. The summed E-state index contributed by atoms with van der Waals surface area (Å²) in [5.74, 6) is 1.55. The first-order valence-electron chi connectivity index (χ1n) is 11.7. The quantitative estimate of drug-likeness (QED) is 0.467. The molecule has 5 rings (SSSR count). The number of nitrogens with zero attached hydrogens (tertiary/aromatic N) is 4. The fourth-order valence-electron chi connectivity index (χ4n) is 4.86. The van der Waals surface area contributed by atoms with E-state index >= 15 is 0 Å². The Labute approximate surface area is 198 Å². The molecule has 2 aromatic heterocycles. The molecule has 1 aliphatic heterocycles. The molecule has 2 N–H and O–H groups in total. The number of aromatic nitrogens is 4. The second-order valence-electron chi connectivity index (χ2n) is 9.70. The Kier molecular flexibility index (Phi) is 6.14. The second-order valence-corrected chi connectivity index (χ2v) is 10.1. The first kappa shape index (κ1) is 22.3. The molecule has 3 heterocycles. The lowest BCUT2D eigenvalue weighted by atomic mass is 9.87. The Morgan fingerprint density at radius 3 is 2.61 bits per heavy atom. The fraction of sp³-hybridized carbons (Fsp3) is 0.542. The van der Waals surface area contributed by atoms with Gasteiger partial charge >= 0.3 is 0 Å². The summed E-state index contributed by atoms with van der Waals surface area (Å²) in [7, 11) is 0. The first-order chi connectivity index (χ1) is 15.9. The summed E-state index contributed by atoms with van der Waals surface area (Å²) in [4.78, 5) is 14.2. The molecule has 0 atom stereocenters. The Morgan fingerprint density at radius 1 is 1.12 bits per heavy atom. The monoisotopic (exact) mass is 472 g/mol. The van der Waals surface area contributed by atoms with Crippen LogP contribution in [0.5, 0.6) is 0 Å². The molecule has 2 aliphatic rings. The number of imidazole rings is 1. The molecule has 176 valence electrons. The number of halogens is 2. The van der Waals surface area contributed by atoms with Crippen LogP contribution in [-0.4, -0.2) is 38.3 Å². The van der Waals surface area contributed by atoms with E-state index in [-0.39, 0.29) is 11.6 Å². The normalized spacial score (nSPS) is 22.9. The summed E-state index contributed by atoms with van der Waals surface area (Å²) in [6.07, 6.45) is 7.98. The topological polar surface area (TPSA) is 76.9 Å². The van der Waals surface area contributed by atoms with Crippen molar-refractivity contribution >= 4 is 40.3 Å². The summed E-state index contributed by atoms with van der Waals surface area (Å²) in [5, 5.41) is 7.15. The third-order valence-corrected chi connectivity index (χ3v) is 7.13. The molecular weight excluding hydrogens is 443 g/mol. The van der Waals surface area contributed by atoms with Gasteiger partial charge in [-0.05, 0) is 69.6 Å². The molecular formula is C24H30ClFN6O. The Bertz CT molecular complexity index is 1120. The highest BCUT2D eigenvalue weighted by atomic mass is 35.5. The van der Waals surface area contributed by atoms with Gasteiger partial charge in [0.15, 0.2) is 5.65 Å². The highest BCUT2D eigenvalue weighted by molar-refractivity contribution is 6.30. The standard InChI is InChI=1S/C24H30ClFN6O/c1-15-3-5-19(6-4-15)32-21-20(29-23(32)28-18-12-16(25)11-17(26)13-18)14-27-22(30-21)31-24(2)7-9-33-10-8-24/h11-15,19H,3-10H2,1-2H3,(H,28,29)(H,27,30,31). The van der Waals surface area contributed by atoms with Crippen molar-refractivity contribution in [1.82, 2.24) is 19.5 Å². The van der Waals surface area contributed by atoms with Gasteiger partial charge in [-0.3, -0.25) is 4.57 Å². The summed E-state index contributed by atoms with van der Waals surface area (Å²) >= 11 is 6.08. The van der Waals surface area contributed by atoms with E-state index in [0.717, 1.165) is 63.3 Å². The zero-order valence-corrected chi connectivity index (χ0v) is 19.8. The average molecular weight is 473 g/mol. The number of hydrogen-bond acceptors (Lipinski definition) is 6. The number of ether oxygens (including phenoxy) is 1. The van der Waals surface area contributed by atoms with Gasteiger partial charge < -0.3 is 15.4 Å². The highest BCUT2D eigenvalue weighted by Crippen LogP contribution is 2.37. The van der Waals surface area contributed by atoms with Gasteiger partial charge in [-0.2, -0.15) is 4.98 Å². The minimum atomic E-state index is -0.393. The first-order valence-corrected chi connectivity index (χ1v) is 12.1. The van der Waals surface area contributed by atoms with Crippen LogP contribution in [-0.2, 0) is 4.74 Å². The van der Waals surface area contributed by atoms with Crippen LogP contribution >= 0.6 is 11.6 Å². The van der Waals surface area contributed by atoms with Crippen LogP contribution in [0.1, 0.15) is 58.4 Å². The predicted molar refractivity (Wildman–Crippen MR) is 129 cm³/mol. The van der Waals surface area contributed by atoms with Crippen molar-refractivity contribution in [1.29, 1.82) is 0 Å². The van der Waals surface area contributed by atoms with Crippen LogP contribution in [0.25, 0.3) is 11.2 Å². The molecule has 0 spiro atoms. The molecule has 3 aromatic rings. The van der Waals surface area contributed by atoms with Crippen molar-refractivity contribution in [3.05, 3.63) is 35.2 Å². The Hall–Kier alpha value is -2.45. The molecule has 9 heteroatoms. The number of rotatable bonds is 5. The molecule has 7 nitrogen and oxygen atoms in total. The Morgan fingerprint density at radius 2 is 1.88 bits per heavy atom. The van der Waals surface area contributed by atoms with E-state index in [1.165, 1.54) is 12.1 Å². The van der Waals surface area contributed by atoms with Crippen LogP contribution < -0.4 is 10.6 Å². The van der Waals surface area contributed by atoms with Gasteiger partial charge in [-0.1, -0.05) is 18.5 Å². The molecule has 1 saturated carbocycles. The van der Waals surface area contributed by atoms with Gasteiger partial charge in [0.1, 0.15) is 11.3 Å². The number of fused-ring (bicyclic) bond motifs is 1. The van der Waals surface area contributed by atoms with Crippen LogP contribution in [0.15, 0.2) is 24.4 Å². The van der Waals surface area contributed by atoms with Crippen LogP contribution in [0, 0.1) is 11.7 Å².